The monoisotopic (exact) mass is 691 g/mol. The zero-order chi connectivity index (χ0) is 35.5. The van der Waals surface area contributed by atoms with E-state index in [9.17, 15) is 17.6 Å². The molecule has 0 aliphatic heterocycles. The van der Waals surface area contributed by atoms with Gasteiger partial charge in [-0.3, -0.25) is 0 Å². The van der Waals surface area contributed by atoms with Crippen molar-refractivity contribution in [2.24, 2.45) is 0 Å². The molecule has 5 rings (SSSR count). The van der Waals surface area contributed by atoms with Crippen molar-refractivity contribution in [1.82, 2.24) is 0 Å². The summed E-state index contributed by atoms with van der Waals surface area (Å²) < 4.78 is 180. The van der Waals surface area contributed by atoms with Crippen LogP contribution in [0.15, 0.2) is 48.5 Å². The fourth-order valence-electron chi connectivity index (χ4n) is 6.96. The van der Waals surface area contributed by atoms with Crippen molar-refractivity contribution in [3.05, 3.63) is 118 Å². The predicted octanol–water partition coefficient (Wildman–Crippen LogP) is 5.98. The number of hydrogen-bond acceptors (Lipinski definition) is 0. The maximum absolute atomic E-state index is 15.3. The van der Waals surface area contributed by atoms with Gasteiger partial charge in [0.1, 0.15) is 29.4 Å². The fraction of sp³-hybridized carbons (Fsp3) is 0.294. The maximum Gasteiger partial charge on any atom is 0.155 e. The van der Waals surface area contributed by atoms with E-state index in [1.54, 1.807) is 0 Å². The van der Waals surface area contributed by atoms with Crippen molar-refractivity contribution in [1.29, 1.82) is 0 Å². The third-order valence-electron chi connectivity index (χ3n) is 9.14. The number of halogens is 12. The highest BCUT2D eigenvalue weighted by molar-refractivity contribution is 7.20. The first-order valence-electron chi connectivity index (χ1n) is 15.3. The third-order valence-corrected chi connectivity index (χ3v) is 9.14. The van der Waals surface area contributed by atoms with Gasteiger partial charge < -0.3 is 4.90 Å². The first-order valence-corrected chi connectivity index (χ1v) is 15.3. The van der Waals surface area contributed by atoms with E-state index in [1.807, 2.05) is 4.90 Å². The Bertz CT molecular complexity index is 1550. The molecule has 0 atom stereocenters. The molecule has 0 radical (unpaired) electrons. The van der Waals surface area contributed by atoms with Crippen molar-refractivity contribution < 1.29 is 57.6 Å². The fourth-order valence-corrected chi connectivity index (χ4v) is 6.96. The normalized spacial score (nSPS) is 13.9. The van der Waals surface area contributed by atoms with Crippen molar-refractivity contribution in [3.8, 4) is 0 Å². The smallest absolute Gasteiger partial charge is 0.155 e. The van der Waals surface area contributed by atoms with Crippen LogP contribution in [0.5, 0.6) is 0 Å². The zero-order valence-corrected chi connectivity index (χ0v) is 25.8. The maximum atomic E-state index is 15.3. The summed E-state index contributed by atoms with van der Waals surface area (Å²) in [5.74, 6) is -26.6. The van der Waals surface area contributed by atoms with Gasteiger partial charge in [-0.25, -0.2) is 52.7 Å². The van der Waals surface area contributed by atoms with Crippen molar-refractivity contribution in [2.75, 3.05) is 13.1 Å². The molecule has 1 N–H and O–H groups in total. The van der Waals surface area contributed by atoms with Gasteiger partial charge in [0.2, 0.25) is 0 Å². The summed E-state index contributed by atoms with van der Waals surface area (Å²) >= 11 is 0. The first kappa shape index (κ1) is 36.9. The number of nitrogens with one attached hydrogen (secondary N) is 1. The van der Waals surface area contributed by atoms with E-state index in [0.29, 0.717) is 0 Å². The van der Waals surface area contributed by atoms with Gasteiger partial charge in [0.15, 0.2) is 23.3 Å². The summed E-state index contributed by atoms with van der Waals surface area (Å²) in [7, 11) is 0. The molecular weight excluding hydrogens is 661 g/mol. The molecule has 0 heterocycles. The van der Waals surface area contributed by atoms with Crippen molar-refractivity contribution in [3.63, 3.8) is 0 Å². The number of quaternary nitrogens is 1. The van der Waals surface area contributed by atoms with E-state index in [1.165, 1.54) is 45.2 Å². The second-order valence-electron chi connectivity index (χ2n) is 11.6. The lowest BCUT2D eigenvalue weighted by Crippen LogP contribution is -3.15. The molecule has 0 aromatic heterocycles. The van der Waals surface area contributed by atoms with Gasteiger partial charge in [-0.2, -0.15) is 0 Å². The SMILES string of the molecule is CC[NH+](CC)C1CCCCC1.Fc1ccc(F)c([B-](c2c(F)ccc(F)c2F)(c2c(F)ccc(F)c2F)c2c(F)ccc(F)c2F)c1F. The van der Waals surface area contributed by atoms with Crippen LogP contribution in [0.2, 0.25) is 0 Å². The quantitative estimate of drug-likeness (QED) is 0.138. The van der Waals surface area contributed by atoms with Gasteiger partial charge in [-0.1, -0.05) is 6.42 Å². The molecular formula is C34H30BF12N. The highest BCUT2D eigenvalue weighted by Gasteiger charge is 2.48. The van der Waals surface area contributed by atoms with Crippen LogP contribution in [0.4, 0.5) is 52.7 Å². The van der Waals surface area contributed by atoms with Crippen LogP contribution in [0.1, 0.15) is 46.0 Å². The van der Waals surface area contributed by atoms with Gasteiger partial charge in [0.25, 0.3) is 0 Å². The number of rotatable bonds is 7. The van der Waals surface area contributed by atoms with Gasteiger partial charge in [0.05, 0.1) is 42.4 Å². The lowest BCUT2D eigenvalue weighted by atomic mass is 9.12. The third kappa shape index (κ3) is 6.55. The second kappa shape index (κ2) is 15.1. The molecule has 4 aromatic rings. The van der Waals surface area contributed by atoms with Crippen LogP contribution in [-0.2, 0) is 0 Å². The standard InChI is InChI=1S/C24H8BF12.C10H21N/c26-9-1-5-13(30)21(34)17(9)25(18-10(27)2-6-14(31)22(18)35,19-11(28)3-7-15(32)23(19)36)20-12(29)4-8-16(33)24(20)37;1-3-11(4-2)10-8-6-5-7-9-10/h1-8H;10H,3-9H2,1-2H3/q-1;/p+1. The van der Waals surface area contributed by atoms with E-state index in [2.05, 4.69) is 13.8 Å². The largest absolute Gasteiger partial charge is 0.333 e. The summed E-state index contributed by atoms with van der Waals surface area (Å²) in [6.07, 6.45) is 1.95. The molecule has 48 heavy (non-hydrogen) atoms. The summed E-state index contributed by atoms with van der Waals surface area (Å²) in [4.78, 5) is 1.82. The summed E-state index contributed by atoms with van der Waals surface area (Å²) in [6, 6.07) is 1.64. The van der Waals surface area contributed by atoms with Gasteiger partial charge in [-0.15, -0.1) is 21.9 Å². The van der Waals surface area contributed by atoms with Crippen LogP contribution in [0.25, 0.3) is 0 Å². The molecule has 0 spiro atoms. The average Bonchev–Trinajstić information content (AvgIpc) is 3.06. The van der Waals surface area contributed by atoms with Crippen molar-refractivity contribution in [2.45, 2.75) is 52.0 Å². The average molecular weight is 691 g/mol. The molecule has 0 unspecified atom stereocenters. The summed E-state index contributed by atoms with van der Waals surface area (Å²) in [6.45, 7) is 7.27. The minimum absolute atomic E-state index is 0.0591. The molecule has 1 saturated carbocycles. The van der Waals surface area contributed by atoms with Crippen LogP contribution in [0, 0.1) is 69.8 Å². The van der Waals surface area contributed by atoms with E-state index in [0.717, 1.165) is 6.04 Å². The molecule has 14 heteroatoms. The highest BCUT2D eigenvalue weighted by Crippen LogP contribution is 2.25. The molecule has 0 bridgehead atoms. The van der Waals surface area contributed by atoms with Gasteiger partial charge in [-0.05, 0) is 88.1 Å². The minimum atomic E-state index is -5.46. The highest BCUT2D eigenvalue weighted by atomic mass is 19.2. The Balaban J connectivity index is 0.000000401. The Morgan fingerprint density at radius 1 is 0.438 bits per heavy atom. The van der Waals surface area contributed by atoms with Crippen molar-refractivity contribution >= 4 is 28.0 Å². The topological polar surface area (TPSA) is 4.44 Å². The molecule has 1 aliphatic carbocycles. The van der Waals surface area contributed by atoms with Gasteiger partial charge in [0, 0.05) is 0 Å². The molecule has 1 nitrogen and oxygen atoms in total. The molecule has 4 aromatic carbocycles. The molecule has 0 amide bonds. The molecule has 1 fully saturated rings. The van der Waals surface area contributed by atoms with Gasteiger partial charge >= 0.3 is 0 Å². The van der Waals surface area contributed by atoms with Crippen LogP contribution >= 0.6 is 0 Å². The van der Waals surface area contributed by atoms with Crippen LogP contribution in [-0.4, -0.2) is 25.3 Å². The van der Waals surface area contributed by atoms with Crippen LogP contribution in [0.3, 0.4) is 0 Å². The molecule has 0 saturated heterocycles. The summed E-state index contributed by atoms with van der Waals surface area (Å²) in [5, 5.41) is 0. The number of hydrogen-bond donors (Lipinski definition) is 1. The van der Waals surface area contributed by atoms with E-state index >= 15 is 35.1 Å². The Morgan fingerprint density at radius 2 is 0.688 bits per heavy atom. The zero-order valence-electron chi connectivity index (χ0n) is 25.8. The number of benzene rings is 4. The predicted molar refractivity (Wildman–Crippen MR) is 158 cm³/mol. The Hall–Kier alpha value is -3.94. The molecule has 258 valence electrons. The van der Waals surface area contributed by atoms with E-state index in [4.69, 9.17) is 0 Å². The summed E-state index contributed by atoms with van der Waals surface area (Å²) in [5.41, 5.74) is -8.57. The van der Waals surface area contributed by atoms with E-state index in [-0.39, 0.29) is 48.5 Å². The lowest BCUT2D eigenvalue weighted by Gasteiger charge is -2.44. The minimum Gasteiger partial charge on any atom is -0.333 e. The Labute approximate surface area is 269 Å². The van der Waals surface area contributed by atoms with E-state index < -0.39 is 97.8 Å². The lowest BCUT2D eigenvalue weighted by molar-refractivity contribution is -0.923. The first-order chi connectivity index (χ1) is 22.7. The Kier molecular flexibility index (Phi) is 11.6. The Morgan fingerprint density at radius 3 is 0.938 bits per heavy atom. The second-order valence-corrected chi connectivity index (χ2v) is 11.6. The van der Waals surface area contributed by atoms with Crippen LogP contribution < -0.4 is 26.8 Å². The molecule has 1 aliphatic rings.